The van der Waals surface area contributed by atoms with Crippen LogP contribution in [0.15, 0.2) is 53.1 Å². The van der Waals surface area contributed by atoms with E-state index in [4.69, 9.17) is 37.5 Å². The van der Waals surface area contributed by atoms with Gasteiger partial charge in [0.2, 0.25) is 5.89 Å². The van der Waals surface area contributed by atoms with Gasteiger partial charge in [-0.25, -0.2) is 9.78 Å². The van der Waals surface area contributed by atoms with E-state index >= 15 is 0 Å². The van der Waals surface area contributed by atoms with Crippen LogP contribution in [-0.2, 0) is 13.2 Å². The summed E-state index contributed by atoms with van der Waals surface area (Å²) in [5, 5.41) is 13.4. The predicted molar refractivity (Wildman–Crippen MR) is 106 cm³/mol. The zero-order chi connectivity index (χ0) is 20.1. The molecule has 2 N–H and O–H groups in total. The molecule has 0 bridgehead atoms. The lowest BCUT2D eigenvalue weighted by molar-refractivity contribution is 0.0690. The number of hydrogen-bond acceptors (Lipinski definition) is 5. The third-order valence-electron chi connectivity index (χ3n) is 4.08. The molecule has 0 radical (unpaired) electrons. The minimum atomic E-state index is -1.16. The second-order valence-corrected chi connectivity index (χ2v) is 6.99. The molecule has 0 amide bonds. The molecule has 3 rings (SSSR count). The number of benzene rings is 2. The van der Waals surface area contributed by atoms with E-state index in [1.807, 2.05) is 36.4 Å². The molecular formula is C20H18Cl2N2O4. The third kappa shape index (κ3) is 5.25. The van der Waals surface area contributed by atoms with Gasteiger partial charge in [-0.3, -0.25) is 0 Å². The number of carboxylic acid groups (broad SMARTS) is 1. The molecule has 1 atom stereocenters. The van der Waals surface area contributed by atoms with Gasteiger partial charge >= 0.3 is 5.97 Å². The zero-order valence-corrected chi connectivity index (χ0v) is 16.5. The number of halogens is 2. The van der Waals surface area contributed by atoms with E-state index in [1.165, 1.54) is 0 Å². The Labute approximate surface area is 172 Å². The summed E-state index contributed by atoms with van der Waals surface area (Å²) in [5.41, 5.74) is 1.90. The van der Waals surface area contributed by atoms with Crippen LogP contribution in [0.3, 0.4) is 0 Å². The lowest BCUT2D eigenvalue weighted by Crippen LogP contribution is -2.18. The predicted octanol–water partition coefficient (Wildman–Crippen LogP) is 5.11. The molecule has 2 aromatic carbocycles. The van der Waals surface area contributed by atoms with Crippen molar-refractivity contribution < 1.29 is 19.1 Å². The van der Waals surface area contributed by atoms with E-state index in [9.17, 15) is 4.79 Å². The molecule has 8 heteroatoms. The highest BCUT2D eigenvalue weighted by molar-refractivity contribution is 6.32. The van der Waals surface area contributed by atoms with Crippen molar-refractivity contribution in [2.45, 2.75) is 26.1 Å². The normalized spacial score (nSPS) is 12.0. The van der Waals surface area contributed by atoms with Crippen LogP contribution in [0, 0.1) is 0 Å². The van der Waals surface area contributed by atoms with Gasteiger partial charge in [-0.05, 0) is 42.3 Å². The van der Waals surface area contributed by atoms with Crippen LogP contribution in [0.4, 0.5) is 0 Å². The lowest BCUT2D eigenvalue weighted by atomic mass is 10.1. The van der Waals surface area contributed by atoms with Gasteiger partial charge in [-0.15, -0.1) is 0 Å². The molecular weight excluding hydrogens is 403 g/mol. The molecule has 1 heterocycles. The van der Waals surface area contributed by atoms with Crippen molar-refractivity contribution in [2.24, 2.45) is 0 Å². The Hall–Kier alpha value is -2.54. The monoisotopic (exact) mass is 420 g/mol. The Morgan fingerprint density at radius 1 is 1.29 bits per heavy atom. The fraction of sp³-hybridized carbons (Fsp3) is 0.200. The van der Waals surface area contributed by atoms with Crippen molar-refractivity contribution >= 4 is 29.2 Å². The number of nitrogens with zero attached hydrogens (tertiary/aromatic N) is 1. The van der Waals surface area contributed by atoms with Crippen LogP contribution >= 0.6 is 23.2 Å². The molecule has 0 fully saturated rings. The number of ether oxygens (including phenoxy) is 1. The van der Waals surface area contributed by atoms with Gasteiger partial charge in [-0.1, -0.05) is 41.4 Å². The van der Waals surface area contributed by atoms with Gasteiger partial charge in [0.05, 0.1) is 5.02 Å². The molecule has 0 saturated carbocycles. The number of aromatic carboxylic acids is 1. The van der Waals surface area contributed by atoms with Gasteiger partial charge in [-0.2, -0.15) is 0 Å². The minimum absolute atomic E-state index is 0.0250. The summed E-state index contributed by atoms with van der Waals surface area (Å²) in [6.45, 7) is 2.63. The maximum Gasteiger partial charge on any atom is 0.357 e. The van der Waals surface area contributed by atoms with Crippen molar-refractivity contribution in [3.63, 3.8) is 0 Å². The highest BCUT2D eigenvalue weighted by Gasteiger charge is 2.12. The van der Waals surface area contributed by atoms with Crippen molar-refractivity contribution in [3.8, 4) is 5.75 Å². The Morgan fingerprint density at radius 3 is 2.82 bits per heavy atom. The largest absolute Gasteiger partial charge is 0.482 e. The Bertz CT molecular complexity index is 974. The van der Waals surface area contributed by atoms with E-state index in [0.717, 1.165) is 17.4 Å². The molecule has 3 aromatic rings. The van der Waals surface area contributed by atoms with Crippen LogP contribution < -0.4 is 10.1 Å². The van der Waals surface area contributed by atoms with E-state index in [-0.39, 0.29) is 24.2 Å². The van der Waals surface area contributed by atoms with Crippen molar-refractivity contribution in [1.82, 2.24) is 10.3 Å². The van der Waals surface area contributed by atoms with Crippen LogP contribution in [0.2, 0.25) is 10.0 Å². The average Bonchev–Trinajstić information content (AvgIpc) is 3.15. The highest BCUT2D eigenvalue weighted by atomic mass is 35.5. The molecule has 1 unspecified atom stereocenters. The molecule has 0 aliphatic rings. The summed E-state index contributed by atoms with van der Waals surface area (Å²) >= 11 is 12.2. The summed E-state index contributed by atoms with van der Waals surface area (Å²) < 4.78 is 10.7. The van der Waals surface area contributed by atoms with E-state index < -0.39 is 5.97 Å². The van der Waals surface area contributed by atoms with Crippen molar-refractivity contribution in [2.75, 3.05) is 0 Å². The first kappa shape index (κ1) is 20.2. The average molecular weight is 421 g/mol. The molecule has 0 saturated heterocycles. The summed E-state index contributed by atoms with van der Waals surface area (Å²) in [6, 6.07) is 13.3. The third-order valence-corrected chi connectivity index (χ3v) is 4.63. The number of carbonyl (C=O) groups is 1. The highest BCUT2D eigenvalue weighted by Crippen LogP contribution is 2.27. The van der Waals surface area contributed by atoms with Gasteiger partial charge in [0.25, 0.3) is 0 Å². The van der Waals surface area contributed by atoms with Crippen molar-refractivity contribution in [1.29, 1.82) is 0 Å². The first-order chi connectivity index (χ1) is 13.4. The molecule has 28 heavy (non-hydrogen) atoms. The SMILES string of the molecule is CC(NCc1ccc(Cl)c(OCc2nc(C(=O)O)co2)c1)c1cccc(Cl)c1. The van der Waals surface area contributed by atoms with Gasteiger partial charge in [0.15, 0.2) is 12.3 Å². The first-order valence-corrected chi connectivity index (χ1v) is 9.25. The summed E-state index contributed by atoms with van der Waals surface area (Å²) in [5.74, 6) is -0.534. The maximum absolute atomic E-state index is 10.8. The Morgan fingerprint density at radius 2 is 2.11 bits per heavy atom. The van der Waals surface area contributed by atoms with Crippen LogP contribution in [-0.4, -0.2) is 16.1 Å². The lowest BCUT2D eigenvalue weighted by Gasteiger charge is -2.15. The van der Waals surface area contributed by atoms with Gasteiger partial charge in [0.1, 0.15) is 12.0 Å². The molecule has 6 nitrogen and oxygen atoms in total. The second kappa shape index (κ2) is 9.10. The minimum Gasteiger partial charge on any atom is -0.482 e. The number of oxazole rings is 1. The quantitative estimate of drug-likeness (QED) is 0.526. The van der Waals surface area contributed by atoms with Gasteiger partial charge < -0.3 is 19.6 Å². The number of aromatic nitrogens is 1. The van der Waals surface area contributed by atoms with Gasteiger partial charge in [0, 0.05) is 17.6 Å². The van der Waals surface area contributed by atoms with Crippen LogP contribution in [0.25, 0.3) is 0 Å². The Balaban J connectivity index is 1.61. The fourth-order valence-corrected chi connectivity index (χ4v) is 2.92. The number of hydrogen-bond donors (Lipinski definition) is 2. The first-order valence-electron chi connectivity index (χ1n) is 8.50. The zero-order valence-electron chi connectivity index (χ0n) is 15.0. The fourth-order valence-electron chi connectivity index (χ4n) is 2.55. The van der Waals surface area contributed by atoms with Crippen molar-refractivity contribution in [3.05, 3.63) is 81.5 Å². The smallest absolute Gasteiger partial charge is 0.357 e. The Kier molecular flexibility index (Phi) is 6.57. The molecule has 0 aliphatic heterocycles. The number of nitrogens with one attached hydrogen (secondary N) is 1. The summed E-state index contributed by atoms with van der Waals surface area (Å²) in [6.07, 6.45) is 1.07. The molecule has 0 spiro atoms. The van der Waals surface area contributed by atoms with E-state index in [0.29, 0.717) is 22.3 Å². The van der Waals surface area contributed by atoms with Crippen LogP contribution in [0.1, 0.15) is 40.5 Å². The topological polar surface area (TPSA) is 84.6 Å². The molecule has 0 aliphatic carbocycles. The number of carboxylic acids is 1. The number of rotatable bonds is 8. The standard InChI is InChI=1S/C20H18Cl2N2O4/c1-12(14-3-2-4-15(21)8-14)23-9-13-5-6-16(22)18(7-13)27-11-19-24-17(10-28-19)20(25)26/h2-8,10,12,23H,9,11H2,1H3,(H,25,26). The van der Waals surface area contributed by atoms with Crippen LogP contribution in [0.5, 0.6) is 5.75 Å². The maximum atomic E-state index is 10.8. The molecule has 146 valence electrons. The van der Waals surface area contributed by atoms with E-state index in [1.54, 1.807) is 6.07 Å². The molecule has 1 aromatic heterocycles. The second-order valence-electron chi connectivity index (χ2n) is 6.14. The summed E-state index contributed by atoms with van der Waals surface area (Å²) in [4.78, 5) is 14.7. The van der Waals surface area contributed by atoms with E-state index in [2.05, 4.69) is 17.2 Å². The summed E-state index contributed by atoms with van der Waals surface area (Å²) in [7, 11) is 0.